The van der Waals surface area contributed by atoms with Crippen LogP contribution in [0.15, 0.2) is 11.6 Å². The molecule has 0 aromatic heterocycles. The van der Waals surface area contributed by atoms with Gasteiger partial charge in [-0.25, -0.2) is 0 Å². The molecule has 3 aliphatic carbocycles. The summed E-state index contributed by atoms with van der Waals surface area (Å²) in [6.45, 7) is 2.25. The Morgan fingerprint density at radius 3 is 2.94 bits per heavy atom. The number of rotatable bonds is 0. The van der Waals surface area contributed by atoms with E-state index in [0.717, 1.165) is 38.5 Å². The molecule has 0 bridgehead atoms. The van der Waals surface area contributed by atoms with Crippen LogP contribution >= 0.6 is 0 Å². The highest BCUT2D eigenvalue weighted by Crippen LogP contribution is 2.57. The number of hydrogen-bond acceptors (Lipinski definition) is 2. The molecule has 3 rings (SSSR count). The first-order valence-electron chi connectivity index (χ1n) is 6.52. The van der Waals surface area contributed by atoms with Gasteiger partial charge in [-0.3, -0.25) is 4.79 Å². The fraction of sp³-hybridized carbons (Fsp3) is 0.786. The van der Waals surface area contributed by atoms with Crippen LogP contribution in [0.5, 0.6) is 0 Å². The summed E-state index contributed by atoms with van der Waals surface area (Å²) >= 11 is 0. The fourth-order valence-electron chi connectivity index (χ4n) is 4.26. The van der Waals surface area contributed by atoms with E-state index >= 15 is 0 Å². The van der Waals surface area contributed by atoms with Crippen molar-refractivity contribution in [2.24, 2.45) is 17.3 Å². The molecule has 3 aliphatic rings. The van der Waals surface area contributed by atoms with Crippen molar-refractivity contribution in [3.05, 3.63) is 11.6 Å². The van der Waals surface area contributed by atoms with Gasteiger partial charge in [-0.05, 0) is 55.4 Å². The Morgan fingerprint density at radius 2 is 2.12 bits per heavy atom. The number of aliphatic hydroxyl groups is 1. The van der Waals surface area contributed by atoms with E-state index in [9.17, 15) is 9.90 Å². The lowest BCUT2D eigenvalue weighted by Gasteiger charge is -2.46. The lowest BCUT2D eigenvalue weighted by molar-refractivity contribution is -0.115. The van der Waals surface area contributed by atoms with Gasteiger partial charge in [0.1, 0.15) is 0 Å². The molecule has 2 saturated carbocycles. The minimum atomic E-state index is -0.114. The van der Waals surface area contributed by atoms with E-state index in [2.05, 4.69) is 6.92 Å². The molecular weight excluding hydrogens is 200 g/mol. The standard InChI is InChI=1S/C14H20O2/c1-14-7-6-9-8-10(15)2-3-11(9)12(14)4-5-13(14)16/h8,11-13,16H,2-7H2,1H3/t11-,12+,13+,14+/m0/s1. The number of ketones is 1. The Hall–Kier alpha value is -0.630. The minimum Gasteiger partial charge on any atom is -0.393 e. The molecule has 0 aromatic rings. The maximum absolute atomic E-state index is 11.4. The first-order chi connectivity index (χ1) is 7.61. The van der Waals surface area contributed by atoms with Gasteiger partial charge in [0, 0.05) is 6.42 Å². The van der Waals surface area contributed by atoms with Crippen LogP contribution in [0.3, 0.4) is 0 Å². The van der Waals surface area contributed by atoms with Gasteiger partial charge >= 0.3 is 0 Å². The zero-order valence-corrected chi connectivity index (χ0v) is 9.91. The first-order valence-corrected chi connectivity index (χ1v) is 6.52. The van der Waals surface area contributed by atoms with Crippen LogP contribution in [0.2, 0.25) is 0 Å². The first kappa shape index (κ1) is 10.5. The van der Waals surface area contributed by atoms with Crippen molar-refractivity contribution in [3.63, 3.8) is 0 Å². The number of carbonyl (C=O) groups excluding carboxylic acids is 1. The molecule has 2 fully saturated rings. The summed E-state index contributed by atoms with van der Waals surface area (Å²) in [5, 5.41) is 10.1. The van der Waals surface area contributed by atoms with Crippen LogP contribution in [0.1, 0.15) is 45.4 Å². The van der Waals surface area contributed by atoms with E-state index in [0.29, 0.717) is 17.6 Å². The van der Waals surface area contributed by atoms with Crippen LogP contribution in [0.25, 0.3) is 0 Å². The smallest absolute Gasteiger partial charge is 0.155 e. The topological polar surface area (TPSA) is 37.3 Å². The third-order valence-corrected chi connectivity index (χ3v) is 5.32. The summed E-state index contributed by atoms with van der Waals surface area (Å²) in [6.07, 6.45) is 7.73. The van der Waals surface area contributed by atoms with Gasteiger partial charge in [-0.15, -0.1) is 0 Å². The average Bonchev–Trinajstić information content (AvgIpc) is 2.56. The van der Waals surface area contributed by atoms with Crippen LogP contribution < -0.4 is 0 Å². The molecule has 0 aromatic carbocycles. The SMILES string of the molecule is C[C@@]12CCC3=CC(=O)CC[C@@H]3[C@H]1CC[C@H]2O. The van der Waals surface area contributed by atoms with Crippen molar-refractivity contribution < 1.29 is 9.90 Å². The molecular formula is C14H20O2. The molecule has 2 nitrogen and oxygen atoms in total. The van der Waals surface area contributed by atoms with Crippen LogP contribution in [-0.4, -0.2) is 17.0 Å². The summed E-state index contributed by atoms with van der Waals surface area (Å²) in [5.74, 6) is 1.53. The highest BCUT2D eigenvalue weighted by Gasteiger charge is 2.52. The second-order valence-electron chi connectivity index (χ2n) is 6.04. The second kappa shape index (κ2) is 3.43. The van der Waals surface area contributed by atoms with Gasteiger partial charge in [0.2, 0.25) is 0 Å². The molecule has 0 unspecified atom stereocenters. The monoisotopic (exact) mass is 220 g/mol. The van der Waals surface area contributed by atoms with Crippen molar-refractivity contribution in [1.29, 1.82) is 0 Å². The number of carbonyl (C=O) groups is 1. The third-order valence-electron chi connectivity index (χ3n) is 5.32. The summed E-state index contributed by atoms with van der Waals surface area (Å²) < 4.78 is 0. The van der Waals surface area contributed by atoms with E-state index in [1.807, 2.05) is 6.08 Å². The molecule has 0 aliphatic heterocycles. The van der Waals surface area contributed by atoms with E-state index in [1.54, 1.807) is 0 Å². The predicted molar refractivity (Wildman–Crippen MR) is 61.9 cm³/mol. The van der Waals surface area contributed by atoms with Crippen LogP contribution in [0.4, 0.5) is 0 Å². The Labute approximate surface area is 96.7 Å². The quantitative estimate of drug-likeness (QED) is 0.681. The number of hydrogen-bond donors (Lipinski definition) is 1. The minimum absolute atomic E-state index is 0.114. The van der Waals surface area contributed by atoms with E-state index in [1.165, 1.54) is 5.57 Å². The molecule has 0 saturated heterocycles. The van der Waals surface area contributed by atoms with Gasteiger partial charge in [0.25, 0.3) is 0 Å². The lowest BCUT2D eigenvalue weighted by atomic mass is 9.59. The van der Waals surface area contributed by atoms with E-state index < -0.39 is 0 Å². The normalized spacial score (nSPS) is 47.2. The molecule has 0 heterocycles. The number of fused-ring (bicyclic) bond motifs is 3. The van der Waals surface area contributed by atoms with Crippen molar-refractivity contribution in [2.75, 3.05) is 0 Å². The molecule has 16 heavy (non-hydrogen) atoms. The zero-order chi connectivity index (χ0) is 11.3. The highest BCUT2D eigenvalue weighted by molar-refractivity contribution is 5.91. The molecule has 0 amide bonds. The maximum Gasteiger partial charge on any atom is 0.155 e. The van der Waals surface area contributed by atoms with E-state index in [4.69, 9.17) is 0 Å². The Balaban J connectivity index is 1.93. The van der Waals surface area contributed by atoms with Crippen LogP contribution in [-0.2, 0) is 4.79 Å². The fourth-order valence-corrected chi connectivity index (χ4v) is 4.26. The Kier molecular flexibility index (Phi) is 2.25. The highest BCUT2D eigenvalue weighted by atomic mass is 16.3. The van der Waals surface area contributed by atoms with Gasteiger partial charge < -0.3 is 5.11 Å². The predicted octanol–water partition coefficient (Wildman–Crippen LogP) is 2.46. The van der Waals surface area contributed by atoms with Crippen molar-refractivity contribution in [2.45, 2.75) is 51.6 Å². The Bertz CT molecular complexity index is 358. The number of allylic oxidation sites excluding steroid dienone is 2. The summed E-state index contributed by atoms with van der Waals surface area (Å²) in [7, 11) is 0. The third kappa shape index (κ3) is 1.32. The van der Waals surface area contributed by atoms with Gasteiger partial charge in [-0.2, -0.15) is 0 Å². The summed E-state index contributed by atoms with van der Waals surface area (Å²) in [6, 6.07) is 0. The van der Waals surface area contributed by atoms with Crippen molar-refractivity contribution >= 4 is 5.78 Å². The van der Waals surface area contributed by atoms with Crippen LogP contribution in [0, 0.1) is 17.3 Å². The summed E-state index contributed by atoms with van der Waals surface area (Å²) in [4.78, 5) is 11.4. The van der Waals surface area contributed by atoms with Crippen molar-refractivity contribution in [1.82, 2.24) is 0 Å². The van der Waals surface area contributed by atoms with Crippen molar-refractivity contribution in [3.8, 4) is 0 Å². The van der Waals surface area contributed by atoms with E-state index in [-0.39, 0.29) is 11.5 Å². The lowest BCUT2D eigenvalue weighted by Crippen LogP contribution is -2.41. The molecule has 0 spiro atoms. The average molecular weight is 220 g/mol. The molecule has 0 radical (unpaired) electrons. The van der Waals surface area contributed by atoms with Gasteiger partial charge in [-0.1, -0.05) is 12.5 Å². The molecule has 1 N–H and O–H groups in total. The largest absolute Gasteiger partial charge is 0.393 e. The molecule has 88 valence electrons. The summed E-state index contributed by atoms with van der Waals surface area (Å²) in [5.41, 5.74) is 1.51. The molecule has 4 atom stereocenters. The van der Waals surface area contributed by atoms with Gasteiger partial charge in [0.05, 0.1) is 6.10 Å². The Morgan fingerprint density at radius 1 is 1.31 bits per heavy atom. The number of aliphatic hydroxyl groups excluding tert-OH is 1. The molecule has 2 heteroatoms. The second-order valence-corrected chi connectivity index (χ2v) is 6.04. The maximum atomic E-state index is 11.4. The van der Waals surface area contributed by atoms with Gasteiger partial charge in [0.15, 0.2) is 5.78 Å². The zero-order valence-electron chi connectivity index (χ0n) is 9.91.